The summed E-state index contributed by atoms with van der Waals surface area (Å²) < 4.78 is 20.5. The number of nitrogens with zero attached hydrogens (tertiary/aromatic N) is 2. The number of aromatic nitrogens is 1. The summed E-state index contributed by atoms with van der Waals surface area (Å²) in [5, 5.41) is 0. The quantitative estimate of drug-likeness (QED) is 0.575. The Hall–Kier alpha value is -3.01. The molecule has 2 aliphatic rings. The third-order valence-corrected chi connectivity index (χ3v) is 6.00. The lowest BCUT2D eigenvalue weighted by Crippen LogP contribution is -2.23. The van der Waals surface area contributed by atoms with Crippen LogP contribution in [-0.2, 0) is 19.3 Å². The Kier molecular flexibility index (Phi) is 4.62. The van der Waals surface area contributed by atoms with Crippen molar-refractivity contribution in [2.24, 2.45) is 10.9 Å². The van der Waals surface area contributed by atoms with Gasteiger partial charge in [-0.05, 0) is 84.8 Å². The van der Waals surface area contributed by atoms with Crippen LogP contribution in [0.15, 0.2) is 59.9 Å². The van der Waals surface area contributed by atoms with Gasteiger partial charge < -0.3 is 4.74 Å². The minimum absolute atomic E-state index is 0.164. The van der Waals surface area contributed by atoms with Gasteiger partial charge in [0.15, 0.2) is 0 Å². The van der Waals surface area contributed by atoms with Crippen LogP contribution >= 0.6 is 0 Å². The normalized spacial score (nSPS) is 17.4. The molecule has 0 saturated carbocycles. The molecule has 1 atom stereocenters. The third kappa shape index (κ3) is 3.44. The van der Waals surface area contributed by atoms with Gasteiger partial charge in [0.05, 0.1) is 12.3 Å². The zero-order valence-corrected chi connectivity index (χ0v) is 16.5. The fourth-order valence-electron chi connectivity index (χ4n) is 4.49. The number of ether oxygens (including phenoxy) is 1. The molecule has 0 radical (unpaired) electrons. The lowest BCUT2D eigenvalue weighted by atomic mass is 9.80. The molecular weight excluding hydrogens is 363 g/mol. The molecule has 4 heteroatoms. The first kappa shape index (κ1) is 18.0. The number of benzene rings is 2. The van der Waals surface area contributed by atoms with Gasteiger partial charge in [0.25, 0.3) is 0 Å². The molecule has 1 aromatic heterocycles. The molecule has 0 bridgehead atoms. The Morgan fingerprint density at radius 1 is 1.03 bits per heavy atom. The van der Waals surface area contributed by atoms with Crippen LogP contribution in [0.2, 0.25) is 0 Å². The van der Waals surface area contributed by atoms with Crippen molar-refractivity contribution in [3.8, 4) is 16.9 Å². The number of hydrogen-bond donors (Lipinski definition) is 0. The van der Waals surface area contributed by atoms with E-state index < -0.39 is 0 Å². The number of fused-ring (bicyclic) bond motifs is 2. The Balaban J connectivity index is 1.42. The van der Waals surface area contributed by atoms with E-state index in [1.54, 1.807) is 18.5 Å². The largest absolute Gasteiger partial charge is 0.494 e. The zero-order valence-electron chi connectivity index (χ0n) is 16.5. The maximum atomic E-state index is 14.8. The minimum atomic E-state index is -0.164. The molecule has 2 aromatic carbocycles. The van der Waals surface area contributed by atoms with Gasteiger partial charge in [-0.3, -0.25) is 9.98 Å². The molecule has 146 valence electrons. The average Bonchev–Trinajstić information content (AvgIpc) is 3.19. The van der Waals surface area contributed by atoms with Gasteiger partial charge in [0.2, 0.25) is 0 Å². The van der Waals surface area contributed by atoms with Crippen LogP contribution in [0.4, 0.5) is 10.1 Å². The topological polar surface area (TPSA) is 34.5 Å². The molecule has 0 saturated heterocycles. The fraction of sp³-hybridized carbons (Fsp3) is 0.280. The predicted octanol–water partition coefficient (Wildman–Crippen LogP) is 5.72. The zero-order chi connectivity index (χ0) is 19.8. The van der Waals surface area contributed by atoms with Gasteiger partial charge in [-0.25, -0.2) is 4.39 Å². The van der Waals surface area contributed by atoms with E-state index in [-0.39, 0.29) is 5.82 Å². The Morgan fingerprint density at radius 2 is 1.90 bits per heavy atom. The van der Waals surface area contributed by atoms with Crippen molar-refractivity contribution < 1.29 is 9.13 Å². The van der Waals surface area contributed by atoms with E-state index in [0.29, 0.717) is 18.9 Å². The standard InChI is InChI=1S/C25H23FN2O/c1-2-29-21-6-5-16-3-4-18(11-19(16)12-21)24-15-22-23(26)13-20(14-25(22)28-24)17-7-9-27-10-8-17/h5-10,12-14,18H,2-4,11,15H2,1H3. The molecule has 0 N–H and O–H groups in total. The van der Waals surface area contributed by atoms with E-state index in [4.69, 9.17) is 9.73 Å². The summed E-state index contributed by atoms with van der Waals surface area (Å²) in [6.07, 6.45) is 7.11. The Morgan fingerprint density at radius 3 is 2.72 bits per heavy atom. The summed E-state index contributed by atoms with van der Waals surface area (Å²) in [5.74, 6) is 1.12. The summed E-state index contributed by atoms with van der Waals surface area (Å²) in [6, 6.07) is 13.8. The maximum Gasteiger partial charge on any atom is 0.129 e. The second kappa shape index (κ2) is 7.43. The molecule has 3 nitrogen and oxygen atoms in total. The number of pyridine rings is 1. The highest BCUT2D eigenvalue weighted by Gasteiger charge is 2.28. The highest BCUT2D eigenvalue weighted by atomic mass is 19.1. The molecular formula is C25H23FN2O. The summed E-state index contributed by atoms with van der Waals surface area (Å²) in [5.41, 5.74) is 7.16. The van der Waals surface area contributed by atoms with Crippen molar-refractivity contribution in [3.63, 3.8) is 0 Å². The van der Waals surface area contributed by atoms with E-state index in [9.17, 15) is 4.39 Å². The van der Waals surface area contributed by atoms with Crippen LogP contribution in [0.5, 0.6) is 5.75 Å². The van der Waals surface area contributed by atoms with E-state index in [2.05, 4.69) is 23.2 Å². The van der Waals surface area contributed by atoms with Gasteiger partial charge in [-0.15, -0.1) is 0 Å². The van der Waals surface area contributed by atoms with Gasteiger partial charge in [0.1, 0.15) is 11.6 Å². The summed E-state index contributed by atoms with van der Waals surface area (Å²) in [6.45, 7) is 2.67. The SMILES string of the molecule is CCOc1ccc2c(c1)CC(C1=Nc3cc(-c4ccncc4)cc(F)c3C1)CC2. The second-order valence-electron chi connectivity index (χ2n) is 7.77. The molecule has 29 heavy (non-hydrogen) atoms. The first-order valence-electron chi connectivity index (χ1n) is 10.3. The first-order chi connectivity index (χ1) is 14.2. The predicted molar refractivity (Wildman–Crippen MR) is 114 cm³/mol. The van der Waals surface area contributed by atoms with Crippen molar-refractivity contribution in [2.75, 3.05) is 6.61 Å². The van der Waals surface area contributed by atoms with Gasteiger partial charge in [-0.1, -0.05) is 6.07 Å². The number of rotatable bonds is 4. The lowest BCUT2D eigenvalue weighted by molar-refractivity contribution is 0.339. The van der Waals surface area contributed by atoms with E-state index in [0.717, 1.165) is 53.1 Å². The summed E-state index contributed by atoms with van der Waals surface area (Å²) in [7, 11) is 0. The summed E-state index contributed by atoms with van der Waals surface area (Å²) >= 11 is 0. The van der Waals surface area contributed by atoms with E-state index >= 15 is 0 Å². The van der Waals surface area contributed by atoms with E-state index in [1.165, 1.54) is 11.1 Å². The van der Waals surface area contributed by atoms with Crippen molar-refractivity contribution in [1.29, 1.82) is 0 Å². The number of hydrogen-bond acceptors (Lipinski definition) is 3. The van der Waals surface area contributed by atoms with Crippen molar-refractivity contribution in [2.45, 2.75) is 32.6 Å². The Labute approximate surface area is 170 Å². The summed E-state index contributed by atoms with van der Waals surface area (Å²) in [4.78, 5) is 8.93. The van der Waals surface area contributed by atoms with Crippen LogP contribution in [-0.4, -0.2) is 17.3 Å². The van der Waals surface area contributed by atoms with Crippen LogP contribution in [0.1, 0.15) is 30.0 Å². The Bertz CT molecular complexity index is 1090. The van der Waals surface area contributed by atoms with Crippen molar-refractivity contribution in [3.05, 3.63) is 77.4 Å². The minimum Gasteiger partial charge on any atom is -0.494 e. The highest BCUT2D eigenvalue weighted by Crippen LogP contribution is 2.38. The second-order valence-corrected chi connectivity index (χ2v) is 7.77. The lowest BCUT2D eigenvalue weighted by Gasteiger charge is -2.25. The molecule has 0 amide bonds. The van der Waals surface area contributed by atoms with Crippen LogP contribution in [0, 0.1) is 11.7 Å². The first-order valence-corrected chi connectivity index (χ1v) is 10.3. The van der Waals surface area contributed by atoms with Crippen molar-refractivity contribution >= 4 is 11.4 Å². The smallest absolute Gasteiger partial charge is 0.129 e. The van der Waals surface area contributed by atoms with Gasteiger partial charge >= 0.3 is 0 Å². The average molecular weight is 386 g/mol. The monoisotopic (exact) mass is 386 g/mol. The third-order valence-electron chi connectivity index (χ3n) is 6.00. The molecule has 2 heterocycles. The highest BCUT2D eigenvalue weighted by molar-refractivity contribution is 5.96. The number of halogens is 1. The fourth-order valence-corrected chi connectivity index (χ4v) is 4.49. The molecule has 1 aliphatic carbocycles. The number of aryl methyl sites for hydroxylation is 1. The maximum absolute atomic E-state index is 14.8. The van der Waals surface area contributed by atoms with Crippen LogP contribution in [0.3, 0.4) is 0 Å². The van der Waals surface area contributed by atoms with Gasteiger partial charge in [-0.2, -0.15) is 0 Å². The molecule has 0 fully saturated rings. The van der Waals surface area contributed by atoms with Crippen LogP contribution < -0.4 is 4.74 Å². The van der Waals surface area contributed by atoms with Crippen molar-refractivity contribution in [1.82, 2.24) is 4.98 Å². The van der Waals surface area contributed by atoms with Crippen LogP contribution in [0.25, 0.3) is 11.1 Å². The van der Waals surface area contributed by atoms with Gasteiger partial charge in [0, 0.05) is 36.0 Å². The molecule has 5 rings (SSSR count). The van der Waals surface area contributed by atoms with E-state index in [1.807, 2.05) is 25.1 Å². The number of aliphatic imine (C=N–C) groups is 1. The molecule has 0 spiro atoms. The molecule has 1 unspecified atom stereocenters. The molecule has 1 aliphatic heterocycles. The molecule has 3 aromatic rings.